The third-order valence-electron chi connectivity index (χ3n) is 3.81. The number of aliphatic hydroxyl groups is 1. The lowest BCUT2D eigenvalue weighted by molar-refractivity contribution is 0.328. The van der Waals surface area contributed by atoms with E-state index in [1.807, 2.05) is 32.0 Å². The Morgan fingerprint density at radius 2 is 2.07 bits per heavy atom. The quantitative estimate of drug-likeness (QED) is 0.413. The number of nitrogens with one attached hydrogen (secondary N) is 3. The van der Waals surface area contributed by atoms with Gasteiger partial charge in [-0.1, -0.05) is 0 Å². The van der Waals surface area contributed by atoms with Gasteiger partial charge < -0.3 is 26.0 Å². The van der Waals surface area contributed by atoms with E-state index in [4.69, 9.17) is 15.6 Å². The fourth-order valence-corrected chi connectivity index (χ4v) is 2.63. The summed E-state index contributed by atoms with van der Waals surface area (Å²) in [5, 5.41) is 28.4. The maximum absolute atomic E-state index is 9.30. The first-order valence-electron chi connectivity index (χ1n) is 8.67. The number of aliphatic hydroxyl groups excluding tert-OH is 1. The Morgan fingerprint density at radius 1 is 1.33 bits per heavy atom. The number of allylic oxidation sites excluding steroid dienone is 1. The molecule has 0 spiro atoms. The van der Waals surface area contributed by atoms with Gasteiger partial charge in [0.2, 0.25) is 5.88 Å². The number of aromatic nitrogens is 2. The second-order valence-corrected chi connectivity index (χ2v) is 6.11. The number of hydrogen-bond acceptors (Lipinski definition) is 7. The van der Waals surface area contributed by atoms with Crippen molar-refractivity contribution in [2.75, 3.05) is 18.5 Å². The second kappa shape index (κ2) is 8.93. The van der Waals surface area contributed by atoms with Crippen molar-refractivity contribution >= 4 is 17.1 Å². The summed E-state index contributed by atoms with van der Waals surface area (Å²) in [4.78, 5) is 8.90. The van der Waals surface area contributed by atoms with Gasteiger partial charge in [0.15, 0.2) is 0 Å². The average Bonchev–Trinajstić information content (AvgIpc) is 2.61. The zero-order valence-electron chi connectivity index (χ0n) is 16.1. The molecule has 0 aromatic carbocycles. The maximum Gasteiger partial charge on any atom is 0.222 e. The van der Waals surface area contributed by atoms with E-state index in [0.29, 0.717) is 29.6 Å². The molecule has 2 rings (SSSR count). The van der Waals surface area contributed by atoms with Gasteiger partial charge in [-0.25, -0.2) is 9.97 Å². The highest BCUT2D eigenvalue weighted by Gasteiger charge is 2.15. The second-order valence-electron chi connectivity index (χ2n) is 6.11. The van der Waals surface area contributed by atoms with Crippen molar-refractivity contribution in [2.45, 2.75) is 27.7 Å². The molecule has 0 aliphatic carbocycles. The molecule has 0 amide bonds. The summed E-state index contributed by atoms with van der Waals surface area (Å²) in [7, 11) is 0. The lowest BCUT2D eigenvalue weighted by Crippen LogP contribution is -2.14. The zero-order chi connectivity index (χ0) is 20.0. The van der Waals surface area contributed by atoms with Crippen molar-refractivity contribution in [3.8, 4) is 17.1 Å². The van der Waals surface area contributed by atoms with Crippen molar-refractivity contribution < 1.29 is 9.84 Å². The average molecular weight is 367 g/mol. The highest BCUT2D eigenvalue weighted by Crippen LogP contribution is 2.31. The lowest BCUT2D eigenvalue weighted by Gasteiger charge is -2.16. The van der Waals surface area contributed by atoms with E-state index in [-0.39, 0.29) is 18.0 Å². The molecule has 2 aromatic heterocycles. The van der Waals surface area contributed by atoms with Gasteiger partial charge >= 0.3 is 0 Å². The van der Waals surface area contributed by atoms with Crippen molar-refractivity contribution in [3.63, 3.8) is 0 Å². The summed E-state index contributed by atoms with van der Waals surface area (Å²) in [5.74, 6) is 0.573. The fraction of sp³-hybridized carbons (Fsp3) is 0.300. The SMILES string of the molecule is CCOc1ncccc1-c1cc(NCC(=N)/C=C(/C)O)c(C)c(C(C)=N)n1. The van der Waals surface area contributed by atoms with E-state index in [9.17, 15) is 5.11 Å². The summed E-state index contributed by atoms with van der Waals surface area (Å²) in [6.45, 7) is 7.72. The van der Waals surface area contributed by atoms with Gasteiger partial charge in [-0.3, -0.25) is 0 Å². The minimum absolute atomic E-state index is 0.0849. The molecule has 0 saturated heterocycles. The van der Waals surface area contributed by atoms with Crippen molar-refractivity contribution in [1.82, 2.24) is 9.97 Å². The molecule has 0 atom stereocenters. The Labute approximate surface area is 159 Å². The maximum atomic E-state index is 9.30. The highest BCUT2D eigenvalue weighted by atomic mass is 16.5. The van der Waals surface area contributed by atoms with Crippen LogP contribution in [0.1, 0.15) is 32.0 Å². The van der Waals surface area contributed by atoms with Crippen LogP contribution in [-0.2, 0) is 0 Å². The van der Waals surface area contributed by atoms with Crippen molar-refractivity contribution in [3.05, 3.63) is 47.5 Å². The predicted molar refractivity (Wildman–Crippen MR) is 108 cm³/mol. The van der Waals surface area contributed by atoms with E-state index in [1.165, 1.54) is 13.0 Å². The topological polar surface area (TPSA) is 115 Å². The Hall–Kier alpha value is -3.22. The molecular weight excluding hydrogens is 342 g/mol. The van der Waals surface area contributed by atoms with E-state index >= 15 is 0 Å². The molecule has 0 saturated carbocycles. The van der Waals surface area contributed by atoms with Crippen LogP contribution < -0.4 is 10.1 Å². The molecule has 142 valence electrons. The van der Waals surface area contributed by atoms with E-state index in [2.05, 4.69) is 15.3 Å². The molecule has 7 nitrogen and oxygen atoms in total. The first kappa shape index (κ1) is 20.1. The Bertz CT molecular complexity index is 886. The van der Waals surface area contributed by atoms with E-state index in [1.54, 1.807) is 13.1 Å². The van der Waals surface area contributed by atoms with Crippen LogP contribution in [0.5, 0.6) is 5.88 Å². The summed E-state index contributed by atoms with van der Waals surface area (Å²) in [6.07, 6.45) is 3.05. The molecule has 2 heterocycles. The molecule has 7 heteroatoms. The number of hydrogen-bond donors (Lipinski definition) is 4. The predicted octanol–water partition coefficient (Wildman–Crippen LogP) is 4.13. The molecule has 4 N–H and O–H groups in total. The summed E-state index contributed by atoms with van der Waals surface area (Å²) in [5.41, 5.74) is 4.14. The Kier molecular flexibility index (Phi) is 6.65. The van der Waals surface area contributed by atoms with Gasteiger partial charge in [0.1, 0.15) is 0 Å². The summed E-state index contributed by atoms with van der Waals surface area (Å²) in [6, 6.07) is 5.56. The minimum Gasteiger partial charge on any atom is -0.513 e. The zero-order valence-corrected chi connectivity index (χ0v) is 16.1. The van der Waals surface area contributed by atoms with E-state index < -0.39 is 0 Å². The monoisotopic (exact) mass is 367 g/mol. The lowest BCUT2D eigenvalue weighted by atomic mass is 10.1. The van der Waals surface area contributed by atoms with Crippen LogP contribution in [0.3, 0.4) is 0 Å². The van der Waals surface area contributed by atoms with Crippen LogP contribution >= 0.6 is 0 Å². The molecule has 0 unspecified atom stereocenters. The van der Waals surface area contributed by atoms with Crippen molar-refractivity contribution in [2.24, 2.45) is 0 Å². The van der Waals surface area contributed by atoms with Gasteiger partial charge in [-0.05, 0) is 57.5 Å². The van der Waals surface area contributed by atoms with Crippen LogP contribution in [0.2, 0.25) is 0 Å². The molecule has 27 heavy (non-hydrogen) atoms. The molecule has 0 bridgehead atoms. The number of ether oxygens (including phenoxy) is 1. The minimum atomic E-state index is 0.0849. The number of anilines is 1. The van der Waals surface area contributed by atoms with Crippen molar-refractivity contribution in [1.29, 1.82) is 10.8 Å². The van der Waals surface area contributed by atoms with Crippen LogP contribution in [0.25, 0.3) is 11.3 Å². The molecular formula is C20H25N5O2. The highest BCUT2D eigenvalue weighted by molar-refractivity contribution is 5.99. The van der Waals surface area contributed by atoms with Crippen LogP contribution in [-0.4, -0.2) is 39.6 Å². The smallest absolute Gasteiger partial charge is 0.222 e. The van der Waals surface area contributed by atoms with Gasteiger partial charge in [-0.2, -0.15) is 0 Å². The first-order valence-corrected chi connectivity index (χ1v) is 8.67. The van der Waals surface area contributed by atoms with Crippen LogP contribution in [0, 0.1) is 17.7 Å². The summed E-state index contributed by atoms with van der Waals surface area (Å²) >= 11 is 0. The first-order chi connectivity index (χ1) is 12.8. The van der Waals surface area contributed by atoms with Crippen LogP contribution in [0.4, 0.5) is 5.69 Å². The third kappa shape index (κ3) is 5.13. The van der Waals surface area contributed by atoms with Gasteiger partial charge in [0.05, 0.1) is 47.3 Å². The molecule has 0 radical (unpaired) electrons. The molecule has 0 fully saturated rings. The largest absolute Gasteiger partial charge is 0.513 e. The fourth-order valence-electron chi connectivity index (χ4n) is 2.63. The Morgan fingerprint density at radius 3 is 2.70 bits per heavy atom. The number of pyridine rings is 2. The van der Waals surface area contributed by atoms with Gasteiger partial charge in [-0.15, -0.1) is 0 Å². The van der Waals surface area contributed by atoms with E-state index in [0.717, 1.165) is 16.8 Å². The van der Waals surface area contributed by atoms with Crippen LogP contribution in [0.15, 0.2) is 36.2 Å². The standard InChI is InChI=1S/C20H25N5O2/c1-5-27-20-16(7-6-8-23-20)18-10-17(13(3)19(25-18)14(4)21)24-11-15(22)9-12(2)26/h6-10,21-22,26H,5,11H2,1-4H3,(H,24,25)/b12-9-,21-14?,22-15?. The molecule has 0 aliphatic rings. The molecule has 0 aliphatic heterocycles. The van der Waals surface area contributed by atoms with Gasteiger partial charge in [0.25, 0.3) is 0 Å². The Balaban J connectivity index is 2.48. The number of rotatable bonds is 8. The molecule has 2 aromatic rings. The van der Waals surface area contributed by atoms with Gasteiger partial charge in [0, 0.05) is 11.9 Å². The number of nitrogens with zero attached hydrogens (tertiary/aromatic N) is 2. The summed E-state index contributed by atoms with van der Waals surface area (Å²) < 4.78 is 5.61. The normalized spacial score (nSPS) is 11.2. The third-order valence-corrected chi connectivity index (χ3v) is 3.81.